The molecule has 0 unspecified atom stereocenters. The van der Waals surface area contributed by atoms with E-state index in [-0.39, 0.29) is 0 Å². The normalized spacial score (nSPS) is 11.9. The number of hydrogen-bond acceptors (Lipinski definition) is 5. The van der Waals surface area contributed by atoms with Crippen LogP contribution in [0.15, 0.2) is 54.6 Å². The number of fused-ring (bicyclic) bond motifs is 1. The zero-order valence-corrected chi connectivity index (χ0v) is 21.8. The molecule has 3 aromatic rings. The van der Waals surface area contributed by atoms with Gasteiger partial charge in [-0.3, -0.25) is 4.57 Å². The van der Waals surface area contributed by atoms with Crippen LogP contribution < -0.4 is 14.2 Å². The molecule has 0 atom stereocenters. The molecule has 7 heteroatoms. The zero-order valence-electron chi connectivity index (χ0n) is 20.9. The van der Waals surface area contributed by atoms with E-state index in [2.05, 4.69) is 64.1 Å². The van der Waals surface area contributed by atoms with Crippen molar-refractivity contribution in [2.45, 2.75) is 26.8 Å². The van der Waals surface area contributed by atoms with Crippen molar-refractivity contribution in [2.75, 3.05) is 45.5 Å². The molecule has 0 amide bonds. The summed E-state index contributed by atoms with van der Waals surface area (Å²) in [5.41, 5.74) is 4.45. The van der Waals surface area contributed by atoms with Gasteiger partial charge in [0.25, 0.3) is 0 Å². The maximum absolute atomic E-state index is 12.9. The first kappa shape index (κ1) is 26.0. The Hall–Kier alpha value is -2.66. The Labute approximate surface area is 203 Å². The van der Waals surface area contributed by atoms with Crippen molar-refractivity contribution in [1.29, 1.82) is 0 Å². The standard InChI is InChI=1S/C27H36N2O4P/c1-6-32-34(30,33-7-2)20-8-19-29-25(15-11-22-9-13-24(14-10-22)28(3)4)16-12-23-21-26(31-5)17-18-27(23)29/h9-18,21H,6-8,19-20H2,1-5H3/q+1. The van der Waals surface area contributed by atoms with E-state index in [1.165, 1.54) is 5.69 Å². The third-order valence-corrected chi connectivity index (χ3v) is 7.76. The number of anilines is 1. The Balaban J connectivity index is 1.91. The molecule has 1 heterocycles. The molecule has 0 bridgehead atoms. The molecule has 2 aromatic carbocycles. The van der Waals surface area contributed by atoms with Gasteiger partial charge in [0.05, 0.1) is 31.9 Å². The lowest BCUT2D eigenvalue weighted by Gasteiger charge is -2.16. The molecule has 0 aliphatic carbocycles. The van der Waals surface area contributed by atoms with Crippen molar-refractivity contribution in [3.8, 4) is 5.75 Å². The summed E-state index contributed by atoms with van der Waals surface area (Å²) < 4.78 is 31.5. The van der Waals surface area contributed by atoms with Crippen LogP contribution in [-0.2, 0) is 20.2 Å². The van der Waals surface area contributed by atoms with Gasteiger partial charge in [0, 0.05) is 44.4 Å². The fourth-order valence-corrected chi connectivity index (χ4v) is 5.53. The Morgan fingerprint density at radius 2 is 1.65 bits per heavy atom. The van der Waals surface area contributed by atoms with E-state index in [0.29, 0.717) is 32.3 Å². The molecule has 182 valence electrons. The summed E-state index contributed by atoms with van der Waals surface area (Å²) in [4.78, 5) is 2.09. The summed E-state index contributed by atoms with van der Waals surface area (Å²) in [6.45, 7) is 5.12. The first-order valence-electron chi connectivity index (χ1n) is 11.7. The van der Waals surface area contributed by atoms with E-state index in [0.717, 1.165) is 27.9 Å². The van der Waals surface area contributed by atoms with Crippen LogP contribution in [0.1, 0.15) is 31.5 Å². The minimum Gasteiger partial charge on any atom is -0.497 e. The number of hydrogen-bond donors (Lipinski definition) is 0. The predicted octanol–water partition coefficient (Wildman–Crippen LogP) is 6.03. The van der Waals surface area contributed by atoms with Crippen molar-refractivity contribution in [1.82, 2.24) is 0 Å². The van der Waals surface area contributed by atoms with Crippen molar-refractivity contribution < 1.29 is 22.9 Å². The Bertz CT molecular complexity index is 1150. The van der Waals surface area contributed by atoms with Crippen molar-refractivity contribution in [2.24, 2.45) is 0 Å². The fourth-order valence-electron chi connectivity index (χ4n) is 3.89. The summed E-state index contributed by atoms with van der Waals surface area (Å²) in [5.74, 6) is 0.820. The summed E-state index contributed by atoms with van der Waals surface area (Å²) in [6.07, 6.45) is 5.29. The average Bonchev–Trinajstić information content (AvgIpc) is 2.83. The van der Waals surface area contributed by atoms with E-state index < -0.39 is 7.60 Å². The van der Waals surface area contributed by atoms with Gasteiger partial charge in [-0.25, -0.2) is 0 Å². The van der Waals surface area contributed by atoms with Gasteiger partial charge in [0.2, 0.25) is 11.2 Å². The quantitative estimate of drug-likeness (QED) is 0.233. The third-order valence-electron chi connectivity index (χ3n) is 5.59. The van der Waals surface area contributed by atoms with Gasteiger partial charge in [-0.2, -0.15) is 4.57 Å². The van der Waals surface area contributed by atoms with E-state index in [1.54, 1.807) is 7.11 Å². The summed E-state index contributed by atoms with van der Waals surface area (Å²) in [7, 11) is 2.67. The number of nitrogens with zero attached hydrogens (tertiary/aromatic N) is 2. The Morgan fingerprint density at radius 3 is 2.26 bits per heavy atom. The highest BCUT2D eigenvalue weighted by Crippen LogP contribution is 2.48. The van der Waals surface area contributed by atoms with Crippen molar-refractivity contribution >= 4 is 36.3 Å². The van der Waals surface area contributed by atoms with Crippen LogP contribution in [-0.4, -0.2) is 40.6 Å². The molecule has 0 saturated heterocycles. The van der Waals surface area contributed by atoms with Crippen LogP contribution in [0, 0.1) is 0 Å². The van der Waals surface area contributed by atoms with Gasteiger partial charge in [0.15, 0.2) is 0 Å². The van der Waals surface area contributed by atoms with Crippen LogP contribution in [0.3, 0.4) is 0 Å². The van der Waals surface area contributed by atoms with E-state index in [9.17, 15) is 4.57 Å². The number of pyridine rings is 1. The van der Waals surface area contributed by atoms with Gasteiger partial charge < -0.3 is 18.7 Å². The lowest BCUT2D eigenvalue weighted by Crippen LogP contribution is -2.38. The molecule has 0 aliphatic rings. The molecule has 3 rings (SSSR count). The van der Waals surface area contributed by atoms with Crippen molar-refractivity contribution in [3.63, 3.8) is 0 Å². The van der Waals surface area contributed by atoms with Gasteiger partial charge in [-0.15, -0.1) is 0 Å². The highest BCUT2D eigenvalue weighted by Gasteiger charge is 2.24. The highest BCUT2D eigenvalue weighted by atomic mass is 31.2. The number of ether oxygens (including phenoxy) is 1. The minimum atomic E-state index is -3.08. The molecule has 1 aromatic heterocycles. The van der Waals surface area contributed by atoms with E-state index in [4.69, 9.17) is 13.8 Å². The average molecular weight is 484 g/mol. The third kappa shape index (κ3) is 6.69. The van der Waals surface area contributed by atoms with Crippen LogP contribution >= 0.6 is 7.60 Å². The molecule has 0 radical (unpaired) electrons. The number of aryl methyl sites for hydroxylation is 1. The first-order valence-corrected chi connectivity index (χ1v) is 13.5. The Kier molecular flexibility index (Phi) is 9.28. The lowest BCUT2D eigenvalue weighted by molar-refractivity contribution is -0.673. The monoisotopic (exact) mass is 483 g/mol. The number of benzene rings is 2. The molecular formula is C27H36N2O4P+. The van der Waals surface area contributed by atoms with Crippen LogP contribution in [0.4, 0.5) is 5.69 Å². The second-order valence-corrected chi connectivity index (χ2v) is 10.4. The fraction of sp³-hybridized carbons (Fsp3) is 0.370. The largest absolute Gasteiger partial charge is 0.497 e. The number of rotatable bonds is 12. The molecule has 6 nitrogen and oxygen atoms in total. The molecular weight excluding hydrogens is 447 g/mol. The summed E-state index contributed by atoms with van der Waals surface area (Å²) in [6, 6.07) is 18.7. The Morgan fingerprint density at radius 1 is 0.941 bits per heavy atom. The van der Waals surface area contributed by atoms with E-state index in [1.807, 2.05) is 40.1 Å². The maximum atomic E-state index is 12.9. The summed E-state index contributed by atoms with van der Waals surface area (Å²) in [5, 5.41) is 1.09. The topological polar surface area (TPSA) is 51.9 Å². The molecule has 0 saturated carbocycles. The summed E-state index contributed by atoms with van der Waals surface area (Å²) >= 11 is 0. The van der Waals surface area contributed by atoms with Crippen molar-refractivity contribution in [3.05, 3.63) is 65.9 Å². The number of methoxy groups -OCH3 is 1. The predicted molar refractivity (Wildman–Crippen MR) is 141 cm³/mol. The SMILES string of the molecule is CCOP(=O)(CCC[n+]1c(C=Cc2ccc(N(C)C)cc2)ccc2cc(OC)ccc21)OCC. The lowest BCUT2D eigenvalue weighted by atomic mass is 10.1. The zero-order chi connectivity index (χ0) is 24.6. The molecule has 34 heavy (non-hydrogen) atoms. The van der Waals surface area contributed by atoms with Gasteiger partial charge >= 0.3 is 7.60 Å². The van der Waals surface area contributed by atoms with Crippen LogP contribution in [0.5, 0.6) is 5.75 Å². The molecule has 0 N–H and O–H groups in total. The highest BCUT2D eigenvalue weighted by molar-refractivity contribution is 7.53. The van der Waals surface area contributed by atoms with E-state index >= 15 is 0 Å². The van der Waals surface area contributed by atoms with Gasteiger partial charge in [0.1, 0.15) is 12.3 Å². The van der Waals surface area contributed by atoms with Gasteiger partial charge in [-0.1, -0.05) is 12.1 Å². The minimum absolute atomic E-state index is 0.374. The molecule has 0 aliphatic heterocycles. The van der Waals surface area contributed by atoms with Gasteiger partial charge in [-0.05, 0) is 55.8 Å². The van der Waals surface area contributed by atoms with Crippen LogP contribution in [0.2, 0.25) is 0 Å². The second kappa shape index (κ2) is 12.2. The second-order valence-electron chi connectivity index (χ2n) is 8.18. The first-order chi connectivity index (χ1) is 16.4. The van der Waals surface area contributed by atoms with Crippen LogP contribution in [0.25, 0.3) is 23.1 Å². The molecule has 0 spiro atoms. The maximum Gasteiger partial charge on any atom is 0.330 e. The smallest absolute Gasteiger partial charge is 0.330 e. The number of aromatic nitrogens is 1. The molecule has 0 fully saturated rings.